The molecule has 0 aliphatic carbocycles. The Morgan fingerprint density at radius 3 is 1.00 bits per heavy atom. The molecule has 0 aliphatic heterocycles. The monoisotopic (exact) mass is 200 g/mol. The van der Waals surface area contributed by atoms with Gasteiger partial charge in [-0.1, -0.05) is 51.9 Å². The van der Waals surface area contributed by atoms with Gasteiger partial charge in [0.15, 0.2) is 0 Å². The predicted molar refractivity (Wildman–Crippen MR) is 57.4 cm³/mol. The molecule has 0 radical (unpaired) electrons. The average molecular weight is 200 g/mol. The summed E-state index contributed by atoms with van der Waals surface area (Å²) in [5.41, 5.74) is 0.132. The van der Waals surface area contributed by atoms with Crippen molar-refractivity contribution in [1.82, 2.24) is 0 Å². The van der Waals surface area contributed by atoms with E-state index in [0.29, 0.717) is 11.4 Å². The molecular formula is C10H20N2O2. The molecule has 0 saturated heterocycles. The van der Waals surface area contributed by atoms with Crippen LogP contribution >= 0.6 is 0 Å². The molecule has 0 atom stereocenters. The zero-order chi connectivity index (χ0) is 11.6. The fourth-order valence-corrected chi connectivity index (χ4v) is 1.11. The Morgan fingerprint density at radius 1 is 0.714 bits per heavy atom. The van der Waals surface area contributed by atoms with Crippen molar-refractivity contribution in [2.24, 2.45) is 21.1 Å². The maximum atomic E-state index is 8.92. The molecule has 4 heteroatoms. The van der Waals surface area contributed by atoms with Crippen LogP contribution in [0.4, 0.5) is 0 Å². The van der Waals surface area contributed by atoms with Gasteiger partial charge in [0.05, 0.1) is 0 Å². The minimum Gasteiger partial charge on any atom is -0.411 e. The summed E-state index contributed by atoms with van der Waals surface area (Å²) in [4.78, 5) is 0. The van der Waals surface area contributed by atoms with Crippen LogP contribution in [0, 0.1) is 10.8 Å². The van der Waals surface area contributed by atoms with Crippen LogP contribution in [0.1, 0.15) is 41.5 Å². The van der Waals surface area contributed by atoms with Gasteiger partial charge < -0.3 is 10.4 Å². The van der Waals surface area contributed by atoms with Crippen LogP contribution in [0.15, 0.2) is 10.3 Å². The first-order valence-electron chi connectivity index (χ1n) is 4.60. The highest BCUT2D eigenvalue weighted by Gasteiger charge is 2.32. The minimum atomic E-state index is -0.344. The number of hydrogen-bond donors (Lipinski definition) is 2. The molecule has 0 bridgehead atoms. The van der Waals surface area contributed by atoms with Gasteiger partial charge in [-0.2, -0.15) is 0 Å². The molecule has 0 aromatic rings. The largest absolute Gasteiger partial charge is 0.411 e. The maximum absolute atomic E-state index is 8.92. The molecule has 0 rings (SSSR count). The van der Waals surface area contributed by atoms with Gasteiger partial charge in [0, 0.05) is 10.8 Å². The molecule has 4 nitrogen and oxygen atoms in total. The highest BCUT2D eigenvalue weighted by atomic mass is 16.4. The van der Waals surface area contributed by atoms with E-state index < -0.39 is 0 Å². The third-order valence-electron chi connectivity index (χ3n) is 1.85. The summed E-state index contributed by atoms with van der Waals surface area (Å²) < 4.78 is 0. The Labute approximate surface area is 85.3 Å². The van der Waals surface area contributed by atoms with E-state index in [0.717, 1.165) is 0 Å². The van der Waals surface area contributed by atoms with Crippen molar-refractivity contribution >= 4 is 11.4 Å². The van der Waals surface area contributed by atoms with Crippen LogP contribution in [0.2, 0.25) is 0 Å². The second-order valence-electron chi connectivity index (χ2n) is 5.40. The highest BCUT2D eigenvalue weighted by molar-refractivity contribution is 6.45. The van der Waals surface area contributed by atoms with Gasteiger partial charge in [-0.05, 0) is 0 Å². The van der Waals surface area contributed by atoms with E-state index >= 15 is 0 Å². The fraction of sp³-hybridized carbons (Fsp3) is 0.800. The molecule has 0 unspecified atom stereocenters. The lowest BCUT2D eigenvalue weighted by atomic mass is 9.77. The van der Waals surface area contributed by atoms with Crippen LogP contribution in [-0.2, 0) is 0 Å². The number of hydrogen-bond acceptors (Lipinski definition) is 4. The molecule has 0 spiro atoms. The quantitative estimate of drug-likeness (QED) is 0.388. The SMILES string of the molecule is CC(C)(C)C(=NO)C(=NO)C(C)(C)C. The summed E-state index contributed by atoms with van der Waals surface area (Å²) in [6.07, 6.45) is 0. The van der Waals surface area contributed by atoms with Gasteiger partial charge in [0.1, 0.15) is 11.4 Å². The Bertz CT molecular complexity index is 226. The predicted octanol–water partition coefficient (Wildman–Crippen LogP) is 2.74. The molecule has 82 valence electrons. The standard InChI is InChI=1S/C10H20N2O2/c1-9(2,3)7(11-13)8(12-14)10(4,5)6/h13-14H,1-6H3. The topological polar surface area (TPSA) is 65.2 Å². The maximum Gasteiger partial charge on any atom is 0.110 e. The number of nitrogens with zero attached hydrogens (tertiary/aromatic N) is 2. The van der Waals surface area contributed by atoms with Gasteiger partial charge in [-0.25, -0.2) is 0 Å². The number of oxime groups is 2. The zero-order valence-electron chi connectivity index (χ0n) is 9.79. The molecule has 0 amide bonds. The fourth-order valence-electron chi connectivity index (χ4n) is 1.11. The van der Waals surface area contributed by atoms with E-state index in [1.54, 1.807) is 0 Å². The lowest BCUT2D eigenvalue weighted by molar-refractivity contribution is 0.302. The van der Waals surface area contributed by atoms with Crippen molar-refractivity contribution in [3.05, 3.63) is 0 Å². The van der Waals surface area contributed by atoms with Crippen molar-refractivity contribution < 1.29 is 10.4 Å². The highest BCUT2D eigenvalue weighted by Crippen LogP contribution is 2.25. The first-order chi connectivity index (χ1) is 6.14. The lowest BCUT2D eigenvalue weighted by Gasteiger charge is -2.27. The van der Waals surface area contributed by atoms with Crippen molar-refractivity contribution in [3.63, 3.8) is 0 Å². The summed E-state index contributed by atoms with van der Waals surface area (Å²) in [5.74, 6) is 0. The van der Waals surface area contributed by atoms with E-state index in [1.807, 2.05) is 41.5 Å². The summed E-state index contributed by atoms with van der Waals surface area (Å²) in [6, 6.07) is 0. The van der Waals surface area contributed by atoms with E-state index in [9.17, 15) is 0 Å². The van der Waals surface area contributed by atoms with Gasteiger partial charge in [-0.3, -0.25) is 0 Å². The second kappa shape index (κ2) is 3.98. The summed E-state index contributed by atoms with van der Waals surface area (Å²) in [7, 11) is 0. The zero-order valence-corrected chi connectivity index (χ0v) is 9.79. The third kappa shape index (κ3) is 3.01. The third-order valence-corrected chi connectivity index (χ3v) is 1.85. The van der Waals surface area contributed by atoms with Gasteiger partial charge >= 0.3 is 0 Å². The summed E-state index contributed by atoms with van der Waals surface area (Å²) >= 11 is 0. The first kappa shape index (κ1) is 12.9. The van der Waals surface area contributed by atoms with Crippen LogP contribution in [-0.4, -0.2) is 21.8 Å². The minimum absolute atomic E-state index is 0.344. The van der Waals surface area contributed by atoms with E-state index in [-0.39, 0.29) is 10.8 Å². The molecule has 0 aromatic heterocycles. The Kier molecular flexibility index (Phi) is 3.68. The van der Waals surface area contributed by atoms with Gasteiger partial charge in [-0.15, -0.1) is 0 Å². The Morgan fingerprint density at radius 2 is 0.929 bits per heavy atom. The average Bonchev–Trinajstić information content (AvgIpc) is 1.94. The van der Waals surface area contributed by atoms with Crippen molar-refractivity contribution in [2.45, 2.75) is 41.5 Å². The molecule has 0 aliphatic rings. The van der Waals surface area contributed by atoms with Crippen molar-refractivity contribution in [3.8, 4) is 0 Å². The molecule has 0 aromatic carbocycles. The van der Waals surface area contributed by atoms with Gasteiger partial charge in [0.25, 0.3) is 0 Å². The molecule has 0 fully saturated rings. The molecule has 0 heterocycles. The van der Waals surface area contributed by atoms with Crippen LogP contribution < -0.4 is 0 Å². The molecule has 14 heavy (non-hydrogen) atoms. The molecular weight excluding hydrogens is 180 g/mol. The van der Waals surface area contributed by atoms with E-state index in [2.05, 4.69) is 10.3 Å². The molecule has 2 N–H and O–H groups in total. The van der Waals surface area contributed by atoms with Crippen LogP contribution in [0.5, 0.6) is 0 Å². The van der Waals surface area contributed by atoms with Crippen molar-refractivity contribution in [2.75, 3.05) is 0 Å². The van der Waals surface area contributed by atoms with Crippen LogP contribution in [0.3, 0.4) is 0 Å². The smallest absolute Gasteiger partial charge is 0.110 e. The normalized spacial score (nSPS) is 15.9. The lowest BCUT2D eigenvalue weighted by Crippen LogP contribution is -2.37. The number of rotatable bonds is 1. The van der Waals surface area contributed by atoms with Crippen LogP contribution in [0.25, 0.3) is 0 Å². The second-order valence-corrected chi connectivity index (χ2v) is 5.40. The first-order valence-corrected chi connectivity index (χ1v) is 4.60. The summed E-state index contributed by atoms with van der Waals surface area (Å²) in [6.45, 7) is 11.4. The summed E-state index contributed by atoms with van der Waals surface area (Å²) in [5, 5.41) is 24.3. The van der Waals surface area contributed by atoms with E-state index in [1.165, 1.54) is 0 Å². The van der Waals surface area contributed by atoms with E-state index in [4.69, 9.17) is 10.4 Å². The Balaban J connectivity index is 5.27. The molecule has 0 saturated carbocycles. The Hall–Kier alpha value is -1.06. The van der Waals surface area contributed by atoms with Gasteiger partial charge in [0.2, 0.25) is 0 Å². The van der Waals surface area contributed by atoms with Crippen molar-refractivity contribution in [1.29, 1.82) is 0 Å².